The lowest BCUT2D eigenvalue weighted by Crippen LogP contribution is -2.35. The number of hydrogen-bond acceptors (Lipinski definition) is 6. The quantitative estimate of drug-likeness (QED) is 0.662. The van der Waals surface area contributed by atoms with Gasteiger partial charge in [-0.2, -0.15) is 4.31 Å². The Kier molecular flexibility index (Phi) is 7.14. The summed E-state index contributed by atoms with van der Waals surface area (Å²) in [4.78, 5) is 16.9. The number of benzene rings is 1. The zero-order chi connectivity index (χ0) is 20.1. The van der Waals surface area contributed by atoms with Gasteiger partial charge in [0.1, 0.15) is 0 Å². The number of carbonyl (C=O) groups excluding carboxylic acids is 1. The molecule has 1 saturated heterocycles. The lowest BCUT2D eigenvalue weighted by Gasteiger charge is -2.25. The number of piperidine rings is 1. The zero-order valence-electron chi connectivity index (χ0n) is 16.1. The molecule has 0 radical (unpaired) electrons. The number of rotatable bonds is 7. The van der Waals surface area contributed by atoms with E-state index in [2.05, 4.69) is 10.3 Å². The average molecular weight is 440 g/mol. The van der Waals surface area contributed by atoms with Gasteiger partial charge < -0.3 is 5.32 Å². The number of hydrogen-bond donors (Lipinski definition) is 1. The van der Waals surface area contributed by atoms with Crippen LogP contribution in [-0.4, -0.2) is 43.0 Å². The predicted molar refractivity (Wildman–Crippen MR) is 115 cm³/mol. The van der Waals surface area contributed by atoms with E-state index in [1.165, 1.54) is 11.3 Å². The Morgan fingerprint density at radius 3 is 2.50 bits per heavy atom. The van der Waals surface area contributed by atoms with Crippen molar-refractivity contribution in [1.82, 2.24) is 9.29 Å². The molecule has 9 heteroatoms. The maximum atomic E-state index is 12.7. The second kappa shape index (κ2) is 9.39. The van der Waals surface area contributed by atoms with Crippen molar-refractivity contribution in [2.24, 2.45) is 0 Å². The number of thiazole rings is 1. The number of aryl methyl sites for hydroxylation is 2. The van der Waals surface area contributed by atoms with Crippen LogP contribution in [0.2, 0.25) is 0 Å². The summed E-state index contributed by atoms with van der Waals surface area (Å²) in [7, 11) is -3.41. The summed E-state index contributed by atoms with van der Waals surface area (Å²) < 4.78 is 28.0. The maximum absolute atomic E-state index is 12.7. The summed E-state index contributed by atoms with van der Waals surface area (Å²) in [5.41, 5.74) is 1.87. The Balaban J connectivity index is 1.55. The van der Waals surface area contributed by atoms with E-state index < -0.39 is 10.0 Å². The van der Waals surface area contributed by atoms with E-state index in [0.29, 0.717) is 36.0 Å². The van der Waals surface area contributed by atoms with Gasteiger partial charge >= 0.3 is 0 Å². The Morgan fingerprint density at radius 1 is 1.21 bits per heavy atom. The van der Waals surface area contributed by atoms with Crippen LogP contribution < -0.4 is 5.32 Å². The van der Waals surface area contributed by atoms with E-state index in [1.54, 1.807) is 40.3 Å². The molecule has 1 aromatic carbocycles. The molecule has 6 nitrogen and oxygen atoms in total. The van der Waals surface area contributed by atoms with Crippen LogP contribution in [0.3, 0.4) is 0 Å². The molecule has 2 aromatic rings. The van der Waals surface area contributed by atoms with Gasteiger partial charge in [0.25, 0.3) is 0 Å². The molecule has 0 spiro atoms. The number of carbonyl (C=O) groups is 1. The van der Waals surface area contributed by atoms with Gasteiger partial charge in [-0.1, -0.05) is 29.9 Å². The summed E-state index contributed by atoms with van der Waals surface area (Å²) >= 11 is 3.10. The Labute approximate surface area is 174 Å². The number of nitrogens with one attached hydrogen (secondary N) is 1. The van der Waals surface area contributed by atoms with E-state index in [4.69, 9.17) is 0 Å². The van der Waals surface area contributed by atoms with Gasteiger partial charge in [-0.25, -0.2) is 13.4 Å². The molecule has 1 aromatic heterocycles. The summed E-state index contributed by atoms with van der Waals surface area (Å²) in [6.07, 6.45) is 5.79. The molecule has 0 atom stereocenters. The second-order valence-electron chi connectivity index (χ2n) is 6.75. The van der Waals surface area contributed by atoms with Crippen molar-refractivity contribution < 1.29 is 13.2 Å². The van der Waals surface area contributed by atoms with E-state index in [1.807, 2.05) is 13.2 Å². The van der Waals surface area contributed by atoms with Crippen molar-refractivity contribution in [2.75, 3.05) is 24.7 Å². The average Bonchev–Trinajstić information content (AvgIpc) is 3.06. The Morgan fingerprint density at radius 2 is 1.89 bits per heavy atom. The van der Waals surface area contributed by atoms with Crippen molar-refractivity contribution in [3.8, 4) is 0 Å². The van der Waals surface area contributed by atoms with Crippen LogP contribution in [0.15, 0.2) is 33.4 Å². The van der Waals surface area contributed by atoms with Gasteiger partial charge in [-0.15, -0.1) is 11.8 Å². The number of sulfonamides is 1. The summed E-state index contributed by atoms with van der Waals surface area (Å²) in [6.45, 7) is 3.12. The zero-order valence-corrected chi connectivity index (χ0v) is 18.6. The minimum absolute atomic E-state index is 0.0913. The highest BCUT2D eigenvalue weighted by Crippen LogP contribution is 2.30. The Bertz CT molecular complexity index is 918. The highest BCUT2D eigenvalue weighted by molar-refractivity contribution is 8.00. The van der Waals surface area contributed by atoms with Crippen molar-refractivity contribution in [1.29, 1.82) is 0 Å². The van der Waals surface area contributed by atoms with Crippen LogP contribution >= 0.6 is 23.1 Å². The molecule has 1 fully saturated rings. The van der Waals surface area contributed by atoms with Gasteiger partial charge in [0.2, 0.25) is 15.9 Å². The predicted octanol–water partition coefficient (Wildman–Crippen LogP) is 3.92. The molecule has 2 heterocycles. The van der Waals surface area contributed by atoms with E-state index >= 15 is 0 Å². The van der Waals surface area contributed by atoms with Gasteiger partial charge in [0, 0.05) is 19.5 Å². The van der Waals surface area contributed by atoms with Crippen LogP contribution in [0.5, 0.6) is 0 Å². The first kappa shape index (κ1) is 21.3. The number of amides is 1. The fourth-order valence-corrected chi connectivity index (χ4v) is 6.29. The molecule has 0 aliphatic carbocycles. The normalized spacial score (nSPS) is 15.5. The van der Waals surface area contributed by atoms with Crippen LogP contribution in [0.25, 0.3) is 0 Å². The number of nitrogens with zero attached hydrogens (tertiary/aromatic N) is 2. The van der Waals surface area contributed by atoms with Gasteiger partial charge in [0.15, 0.2) is 5.13 Å². The summed E-state index contributed by atoms with van der Waals surface area (Å²) in [5, 5.41) is 3.46. The van der Waals surface area contributed by atoms with Crippen LogP contribution in [0, 0.1) is 6.92 Å². The first-order valence-corrected chi connectivity index (χ1v) is 12.8. The van der Waals surface area contributed by atoms with E-state index in [-0.39, 0.29) is 5.91 Å². The van der Waals surface area contributed by atoms with E-state index in [0.717, 1.165) is 34.7 Å². The SMILES string of the molecule is CSc1sc(NC(=O)CCc2ccc(S(=O)(=O)N3CCCCC3)cc2)nc1C. The fourth-order valence-electron chi connectivity index (χ4n) is 3.15. The third-order valence-corrected chi connectivity index (χ3v) is 8.90. The van der Waals surface area contributed by atoms with Gasteiger partial charge in [-0.3, -0.25) is 4.79 Å². The first-order chi connectivity index (χ1) is 13.4. The highest BCUT2D eigenvalue weighted by atomic mass is 32.2. The lowest BCUT2D eigenvalue weighted by molar-refractivity contribution is -0.116. The van der Waals surface area contributed by atoms with Crippen LogP contribution in [0.1, 0.15) is 36.9 Å². The smallest absolute Gasteiger partial charge is 0.243 e. The van der Waals surface area contributed by atoms with E-state index in [9.17, 15) is 13.2 Å². The molecular formula is C19H25N3O3S3. The van der Waals surface area contributed by atoms with Gasteiger partial charge in [-0.05, 0) is 50.1 Å². The first-order valence-electron chi connectivity index (χ1n) is 9.30. The lowest BCUT2D eigenvalue weighted by atomic mass is 10.1. The van der Waals surface area contributed by atoms with Crippen molar-refractivity contribution >= 4 is 44.2 Å². The number of aromatic nitrogens is 1. The number of anilines is 1. The molecular weight excluding hydrogens is 414 g/mol. The molecule has 152 valence electrons. The molecule has 1 amide bonds. The maximum Gasteiger partial charge on any atom is 0.243 e. The molecule has 0 unspecified atom stereocenters. The molecule has 0 saturated carbocycles. The minimum Gasteiger partial charge on any atom is -0.302 e. The number of thioether (sulfide) groups is 1. The minimum atomic E-state index is -3.41. The van der Waals surface area contributed by atoms with Crippen LogP contribution in [-0.2, 0) is 21.2 Å². The van der Waals surface area contributed by atoms with Crippen molar-refractivity contribution in [2.45, 2.75) is 48.1 Å². The Hall–Kier alpha value is -1.42. The molecule has 28 heavy (non-hydrogen) atoms. The van der Waals surface area contributed by atoms with Crippen molar-refractivity contribution in [3.05, 3.63) is 35.5 Å². The topological polar surface area (TPSA) is 79.4 Å². The van der Waals surface area contributed by atoms with Crippen LogP contribution in [0.4, 0.5) is 5.13 Å². The third kappa shape index (κ3) is 5.14. The molecule has 1 aliphatic rings. The molecule has 3 rings (SSSR count). The molecule has 1 aliphatic heterocycles. The summed E-state index contributed by atoms with van der Waals surface area (Å²) in [6, 6.07) is 6.88. The highest BCUT2D eigenvalue weighted by Gasteiger charge is 2.25. The largest absolute Gasteiger partial charge is 0.302 e. The third-order valence-electron chi connectivity index (χ3n) is 4.70. The summed E-state index contributed by atoms with van der Waals surface area (Å²) in [5.74, 6) is -0.0913. The van der Waals surface area contributed by atoms with Crippen molar-refractivity contribution in [3.63, 3.8) is 0 Å². The standard InChI is InChI=1S/C19H25N3O3S3/c1-14-18(26-2)27-19(20-14)21-17(23)11-8-15-6-9-16(10-7-15)28(24,25)22-12-4-3-5-13-22/h6-7,9-10H,3-5,8,11-13H2,1-2H3,(H,20,21,23). The fraction of sp³-hybridized carbons (Fsp3) is 0.474. The van der Waals surface area contributed by atoms with Gasteiger partial charge in [0.05, 0.1) is 14.8 Å². The monoisotopic (exact) mass is 439 g/mol. The second-order valence-corrected chi connectivity index (χ2v) is 10.8. The molecule has 1 N–H and O–H groups in total. The molecule has 0 bridgehead atoms.